The van der Waals surface area contributed by atoms with Gasteiger partial charge in [0.2, 0.25) is 23.6 Å². The summed E-state index contributed by atoms with van der Waals surface area (Å²) in [4.78, 5) is 11.0. The van der Waals surface area contributed by atoms with Crippen molar-refractivity contribution in [3.63, 3.8) is 0 Å². The molecular formula is C20H20FN5O2. The average molecular weight is 381 g/mol. The van der Waals surface area contributed by atoms with Crippen molar-refractivity contribution in [2.24, 2.45) is 5.41 Å². The van der Waals surface area contributed by atoms with E-state index in [2.05, 4.69) is 25.1 Å². The van der Waals surface area contributed by atoms with Gasteiger partial charge >= 0.3 is 0 Å². The van der Waals surface area contributed by atoms with E-state index < -0.39 is 0 Å². The lowest BCUT2D eigenvalue weighted by Gasteiger charge is -2.32. The summed E-state index contributed by atoms with van der Waals surface area (Å²) in [6.07, 6.45) is 4.81. The molecule has 1 saturated heterocycles. The summed E-state index contributed by atoms with van der Waals surface area (Å²) in [6.45, 7) is 1.77. The molecule has 0 N–H and O–H groups in total. The third-order valence-electron chi connectivity index (χ3n) is 5.87. The molecule has 2 aromatic heterocycles. The molecule has 1 unspecified atom stereocenters. The first-order chi connectivity index (χ1) is 13.7. The van der Waals surface area contributed by atoms with Crippen LogP contribution in [-0.4, -0.2) is 40.4 Å². The molecule has 0 radical (unpaired) electrons. The zero-order valence-electron chi connectivity index (χ0n) is 15.5. The number of methoxy groups -OCH3 is 1. The maximum Gasteiger partial charge on any atom is 0.247 e. The SMILES string of the molecule is COc1ccnc(N2CCC3(CC2)CC3c2nnc(-c3cccc(F)c3)o2)n1. The molecule has 3 heterocycles. The van der Waals surface area contributed by atoms with Gasteiger partial charge in [0.15, 0.2) is 0 Å². The van der Waals surface area contributed by atoms with Crippen LogP contribution >= 0.6 is 0 Å². The molecule has 8 heteroatoms. The Kier molecular flexibility index (Phi) is 3.99. The van der Waals surface area contributed by atoms with Gasteiger partial charge in [-0.25, -0.2) is 9.37 Å². The summed E-state index contributed by atoms with van der Waals surface area (Å²) < 4.78 is 24.5. The molecule has 3 aromatic rings. The number of piperidine rings is 1. The molecule has 1 saturated carbocycles. The van der Waals surface area contributed by atoms with Crippen molar-refractivity contribution in [3.05, 3.63) is 48.2 Å². The molecule has 1 aliphatic heterocycles. The highest BCUT2D eigenvalue weighted by Crippen LogP contribution is 2.64. The van der Waals surface area contributed by atoms with E-state index in [1.54, 1.807) is 31.5 Å². The second-order valence-electron chi connectivity index (χ2n) is 7.46. The van der Waals surface area contributed by atoms with E-state index in [4.69, 9.17) is 9.15 Å². The Bertz CT molecular complexity index is 1000. The van der Waals surface area contributed by atoms with Crippen LogP contribution in [-0.2, 0) is 0 Å². The van der Waals surface area contributed by atoms with E-state index in [1.165, 1.54) is 12.1 Å². The number of ether oxygens (including phenoxy) is 1. The van der Waals surface area contributed by atoms with Gasteiger partial charge in [-0.05, 0) is 42.9 Å². The van der Waals surface area contributed by atoms with Crippen LogP contribution in [0.2, 0.25) is 0 Å². The predicted molar refractivity (Wildman–Crippen MR) is 99.5 cm³/mol. The van der Waals surface area contributed by atoms with Gasteiger partial charge in [-0.3, -0.25) is 0 Å². The quantitative estimate of drug-likeness (QED) is 0.685. The Labute approximate surface area is 161 Å². The summed E-state index contributed by atoms with van der Waals surface area (Å²) in [7, 11) is 1.61. The third-order valence-corrected chi connectivity index (χ3v) is 5.87. The smallest absolute Gasteiger partial charge is 0.247 e. The molecule has 144 valence electrons. The highest BCUT2D eigenvalue weighted by atomic mass is 19.1. The largest absolute Gasteiger partial charge is 0.481 e. The Hall–Kier alpha value is -3.03. The topological polar surface area (TPSA) is 77.2 Å². The fourth-order valence-corrected chi connectivity index (χ4v) is 4.11. The molecule has 28 heavy (non-hydrogen) atoms. The van der Waals surface area contributed by atoms with Crippen molar-refractivity contribution in [3.8, 4) is 17.3 Å². The minimum atomic E-state index is -0.313. The van der Waals surface area contributed by atoms with Crippen molar-refractivity contribution in [2.75, 3.05) is 25.1 Å². The molecule has 1 atom stereocenters. The van der Waals surface area contributed by atoms with E-state index in [0.717, 1.165) is 32.4 Å². The van der Waals surface area contributed by atoms with Crippen LogP contribution in [0.1, 0.15) is 31.1 Å². The summed E-state index contributed by atoms with van der Waals surface area (Å²) in [5.41, 5.74) is 0.819. The first kappa shape index (κ1) is 17.1. The number of aromatic nitrogens is 4. The lowest BCUT2D eigenvalue weighted by atomic mass is 9.91. The number of rotatable bonds is 4. The zero-order chi connectivity index (χ0) is 19.1. The van der Waals surface area contributed by atoms with Crippen molar-refractivity contribution < 1.29 is 13.5 Å². The van der Waals surface area contributed by atoms with E-state index >= 15 is 0 Å². The van der Waals surface area contributed by atoms with Gasteiger partial charge in [-0.15, -0.1) is 10.2 Å². The lowest BCUT2D eigenvalue weighted by Crippen LogP contribution is -2.36. The second-order valence-corrected chi connectivity index (χ2v) is 7.46. The number of halogens is 1. The normalized spacial score (nSPS) is 20.4. The molecule has 1 aromatic carbocycles. The number of anilines is 1. The van der Waals surface area contributed by atoms with E-state index in [0.29, 0.717) is 29.2 Å². The van der Waals surface area contributed by atoms with Crippen LogP contribution in [0.5, 0.6) is 5.88 Å². The number of hydrogen-bond donors (Lipinski definition) is 0. The van der Waals surface area contributed by atoms with Crippen LogP contribution in [0.15, 0.2) is 40.9 Å². The third kappa shape index (κ3) is 2.98. The monoisotopic (exact) mass is 381 g/mol. The molecular weight excluding hydrogens is 361 g/mol. The fraction of sp³-hybridized carbons (Fsp3) is 0.400. The maximum absolute atomic E-state index is 13.4. The number of benzene rings is 1. The van der Waals surface area contributed by atoms with Gasteiger partial charge < -0.3 is 14.1 Å². The van der Waals surface area contributed by atoms with Crippen LogP contribution in [0.3, 0.4) is 0 Å². The Balaban J connectivity index is 1.26. The van der Waals surface area contributed by atoms with Gasteiger partial charge in [0.05, 0.1) is 7.11 Å². The molecule has 2 aliphatic rings. The van der Waals surface area contributed by atoms with Crippen LogP contribution < -0.4 is 9.64 Å². The standard InChI is InChI=1S/C20H20FN5O2/c1-27-16-5-8-22-19(23-16)26-9-6-20(7-10-26)12-15(20)18-25-24-17(28-18)13-3-2-4-14(21)11-13/h2-5,8,11,15H,6-7,9-10,12H2,1H3. The molecule has 0 amide bonds. The van der Waals surface area contributed by atoms with E-state index in [-0.39, 0.29) is 17.2 Å². The Morgan fingerprint density at radius 1 is 1.21 bits per heavy atom. The fourth-order valence-electron chi connectivity index (χ4n) is 4.11. The van der Waals surface area contributed by atoms with Gasteiger partial charge in [0, 0.05) is 36.8 Å². The van der Waals surface area contributed by atoms with Crippen molar-refractivity contribution in [1.82, 2.24) is 20.2 Å². The molecule has 1 aliphatic carbocycles. The minimum absolute atomic E-state index is 0.209. The van der Waals surface area contributed by atoms with Crippen LogP contribution in [0.25, 0.3) is 11.5 Å². The number of hydrogen-bond acceptors (Lipinski definition) is 7. The van der Waals surface area contributed by atoms with E-state index in [1.807, 2.05) is 0 Å². The van der Waals surface area contributed by atoms with Crippen molar-refractivity contribution in [1.29, 1.82) is 0 Å². The van der Waals surface area contributed by atoms with Crippen LogP contribution in [0.4, 0.5) is 10.3 Å². The highest BCUT2D eigenvalue weighted by molar-refractivity contribution is 5.52. The average Bonchev–Trinajstić information content (AvgIpc) is 3.20. The summed E-state index contributed by atoms with van der Waals surface area (Å²) >= 11 is 0. The Morgan fingerprint density at radius 2 is 2.07 bits per heavy atom. The summed E-state index contributed by atoms with van der Waals surface area (Å²) in [6, 6.07) is 7.97. The molecule has 7 nitrogen and oxygen atoms in total. The van der Waals surface area contributed by atoms with Gasteiger partial charge in [0.1, 0.15) is 5.82 Å². The summed E-state index contributed by atoms with van der Waals surface area (Å²) in [5.74, 6) is 2.27. The van der Waals surface area contributed by atoms with Gasteiger partial charge in [-0.1, -0.05) is 6.07 Å². The zero-order valence-corrected chi connectivity index (χ0v) is 15.5. The molecule has 2 fully saturated rings. The first-order valence-electron chi connectivity index (χ1n) is 9.38. The molecule has 5 rings (SSSR count). The van der Waals surface area contributed by atoms with Gasteiger partial charge in [0.25, 0.3) is 0 Å². The van der Waals surface area contributed by atoms with Crippen molar-refractivity contribution in [2.45, 2.75) is 25.2 Å². The lowest BCUT2D eigenvalue weighted by molar-refractivity contribution is 0.349. The molecule has 0 bridgehead atoms. The summed E-state index contributed by atoms with van der Waals surface area (Å²) in [5, 5.41) is 8.36. The minimum Gasteiger partial charge on any atom is -0.481 e. The molecule has 1 spiro atoms. The number of nitrogens with zero attached hydrogens (tertiary/aromatic N) is 5. The van der Waals surface area contributed by atoms with Gasteiger partial charge in [-0.2, -0.15) is 4.98 Å². The highest BCUT2D eigenvalue weighted by Gasteiger charge is 2.58. The maximum atomic E-state index is 13.4. The van der Waals surface area contributed by atoms with E-state index in [9.17, 15) is 4.39 Å². The Morgan fingerprint density at radius 3 is 2.86 bits per heavy atom. The predicted octanol–water partition coefficient (Wildman–Crippen LogP) is 3.45. The second kappa shape index (κ2) is 6.54. The first-order valence-corrected chi connectivity index (χ1v) is 9.38. The van der Waals surface area contributed by atoms with Crippen molar-refractivity contribution >= 4 is 5.95 Å². The van der Waals surface area contributed by atoms with Crippen LogP contribution in [0, 0.1) is 11.2 Å².